The Morgan fingerprint density at radius 1 is 1.32 bits per heavy atom. The minimum Gasteiger partial charge on any atom is -0.463 e. The van der Waals surface area contributed by atoms with E-state index in [-0.39, 0.29) is 5.69 Å². The average molecular weight is 315 g/mol. The van der Waals surface area contributed by atoms with Crippen LogP contribution in [0, 0.1) is 0 Å². The molecule has 0 saturated carbocycles. The van der Waals surface area contributed by atoms with Gasteiger partial charge in [0.1, 0.15) is 5.69 Å². The van der Waals surface area contributed by atoms with E-state index in [1.807, 2.05) is 0 Å². The van der Waals surface area contributed by atoms with Crippen LogP contribution in [0.3, 0.4) is 0 Å². The van der Waals surface area contributed by atoms with E-state index < -0.39 is 5.91 Å². The van der Waals surface area contributed by atoms with Crippen molar-refractivity contribution >= 4 is 23.7 Å². The molecule has 2 heterocycles. The highest BCUT2D eigenvalue weighted by Gasteiger charge is 2.11. The fourth-order valence-electron chi connectivity index (χ4n) is 1.77. The Kier molecular flexibility index (Phi) is 4.02. The molecule has 0 atom stereocenters. The topological polar surface area (TPSA) is 83.3 Å². The van der Waals surface area contributed by atoms with Crippen molar-refractivity contribution in [2.75, 3.05) is 0 Å². The summed E-state index contributed by atoms with van der Waals surface area (Å²) in [6.07, 6.45) is 3.07. The van der Waals surface area contributed by atoms with Gasteiger partial charge in [-0.05, 0) is 29.8 Å². The number of rotatable bonds is 4. The lowest BCUT2D eigenvalue weighted by atomic mass is 10.2. The van der Waals surface area contributed by atoms with Crippen LogP contribution in [0.5, 0.6) is 0 Å². The number of aromatic amines is 1. The predicted molar refractivity (Wildman–Crippen MR) is 82.8 cm³/mol. The Labute approximate surface area is 130 Å². The molecule has 6 nitrogen and oxygen atoms in total. The van der Waals surface area contributed by atoms with Crippen LogP contribution in [0.15, 0.2) is 58.2 Å². The van der Waals surface area contributed by atoms with E-state index in [0.29, 0.717) is 16.5 Å². The molecule has 0 bridgehead atoms. The normalized spacial score (nSPS) is 11.0. The third kappa shape index (κ3) is 3.24. The number of hydrogen-bond donors (Lipinski definition) is 2. The Balaban J connectivity index is 1.63. The number of amides is 1. The summed E-state index contributed by atoms with van der Waals surface area (Å²) in [6, 6.07) is 12.2. The standard InChI is InChI=1S/C15H11ClN4O2/c16-11-5-3-10(4-6-11)9-17-20-15(21)13-8-12(18-19-13)14-2-1-7-22-14/h1-9H,(H,18,19)(H,20,21)/b17-9-. The molecule has 0 aliphatic heterocycles. The third-order valence-electron chi connectivity index (χ3n) is 2.85. The first-order valence-electron chi connectivity index (χ1n) is 6.40. The summed E-state index contributed by atoms with van der Waals surface area (Å²) in [5, 5.41) is 11.2. The molecule has 0 aliphatic carbocycles. The van der Waals surface area contributed by atoms with E-state index in [0.717, 1.165) is 5.56 Å². The highest BCUT2D eigenvalue weighted by Crippen LogP contribution is 2.17. The second-order valence-electron chi connectivity index (χ2n) is 4.39. The molecule has 3 rings (SSSR count). The van der Waals surface area contributed by atoms with Crippen LogP contribution in [-0.4, -0.2) is 22.3 Å². The molecule has 0 fully saturated rings. The average Bonchev–Trinajstić information content (AvgIpc) is 3.20. The number of aromatic nitrogens is 2. The number of carbonyl (C=O) groups is 1. The molecule has 110 valence electrons. The van der Waals surface area contributed by atoms with E-state index in [9.17, 15) is 4.79 Å². The largest absolute Gasteiger partial charge is 0.463 e. The SMILES string of the molecule is O=C(N/N=C\c1ccc(Cl)cc1)c1cc(-c2ccco2)[nH]n1. The summed E-state index contributed by atoms with van der Waals surface area (Å²) in [5.74, 6) is 0.190. The molecule has 1 amide bonds. The number of furan rings is 1. The predicted octanol–water partition coefficient (Wildman–Crippen LogP) is 3.09. The first-order valence-corrected chi connectivity index (χ1v) is 6.78. The highest BCUT2D eigenvalue weighted by atomic mass is 35.5. The van der Waals surface area contributed by atoms with Gasteiger partial charge < -0.3 is 4.42 Å². The van der Waals surface area contributed by atoms with Gasteiger partial charge in [0.25, 0.3) is 5.91 Å². The van der Waals surface area contributed by atoms with Crippen LogP contribution in [0.25, 0.3) is 11.5 Å². The van der Waals surface area contributed by atoms with Crippen molar-refractivity contribution in [1.29, 1.82) is 0 Å². The second-order valence-corrected chi connectivity index (χ2v) is 4.83. The van der Waals surface area contributed by atoms with Crippen molar-refractivity contribution in [1.82, 2.24) is 15.6 Å². The zero-order valence-corrected chi connectivity index (χ0v) is 12.0. The Hall–Kier alpha value is -2.86. The molecular weight excluding hydrogens is 304 g/mol. The molecular formula is C15H11ClN4O2. The summed E-state index contributed by atoms with van der Waals surface area (Å²) in [7, 11) is 0. The van der Waals surface area contributed by atoms with Gasteiger partial charge in [-0.1, -0.05) is 23.7 Å². The molecule has 3 aromatic rings. The van der Waals surface area contributed by atoms with Crippen LogP contribution in [0.1, 0.15) is 16.1 Å². The van der Waals surface area contributed by atoms with Gasteiger partial charge in [-0.3, -0.25) is 9.89 Å². The van der Waals surface area contributed by atoms with Crippen molar-refractivity contribution in [2.24, 2.45) is 5.10 Å². The van der Waals surface area contributed by atoms with E-state index in [1.165, 1.54) is 6.21 Å². The molecule has 1 aromatic carbocycles. The lowest BCUT2D eigenvalue weighted by molar-refractivity contribution is 0.0950. The maximum Gasteiger partial charge on any atom is 0.291 e. The number of halogens is 1. The summed E-state index contributed by atoms with van der Waals surface area (Å²) in [6.45, 7) is 0. The van der Waals surface area contributed by atoms with Gasteiger partial charge in [0.2, 0.25) is 0 Å². The number of carbonyl (C=O) groups excluding carboxylic acids is 1. The van der Waals surface area contributed by atoms with Crippen molar-refractivity contribution in [3.63, 3.8) is 0 Å². The smallest absolute Gasteiger partial charge is 0.291 e. The van der Waals surface area contributed by atoms with E-state index >= 15 is 0 Å². The number of hydrazone groups is 1. The van der Waals surface area contributed by atoms with Gasteiger partial charge in [-0.2, -0.15) is 10.2 Å². The Morgan fingerprint density at radius 3 is 2.86 bits per heavy atom. The van der Waals surface area contributed by atoms with Crippen LogP contribution < -0.4 is 5.43 Å². The summed E-state index contributed by atoms with van der Waals surface area (Å²) in [4.78, 5) is 11.9. The van der Waals surface area contributed by atoms with Gasteiger partial charge >= 0.3 is 0 Å². The fourth-order valence-corrected chi connectivity index (χ4v) is 1.89. The molecule has 2 aromatic heterocycles. The quantitative estimate of drug-likeness (QED) is 0.573. The number of nitrogens with one attached hydrogen (secondary N) is 2. The number of nitrogens with zero attached hydrogens (tertiary/aromatic N) is 2. The van der Waals surface area contributed by atoms with Gasteiger partial charge in [-0.25, -0.2) is 5.43 Å². The first-order chi connectivity index (χ1) is 10.7. The zero-order chi connectivity index (χ0) is 15.4. The van der Waals surface area contributed by atoms with Gasteiger partial charge in [-0.15, -0.1) is 0 Å². The third-order valence-corrected chi connectivity index (χ3v) is 3.10. The van der Waals surface area contributed by atoms with E-state index in [4.69, 9.17) is 16.0 Å². The maximum absolute atomic E-state index is 11.9. The highest BCUT2D eigenvalue weighted by molar-refractivity contribution is 6.30. The summed E-state index contributed by atoms with van der Waals surface area (Å²) in [5.41, 5.74) is 4.07. The Bertz CT molecular complexity index is 791. The van der Waals surface area contributed by atoms with Crippen molar-refractivity contribution in [3.8, 4) is 11.5 Å². The van der Waals surface area contributed by atoms with E-state index in [2.05, 4.69) is 20.7 Å². The number of hydrogen-bond acceptors (Lipinski definition) is 4. The molecule has 0 saturated heterocycles. The van der Waals surface area contributed by atoms with Crippen molar-refractivity contribution in [2.45, 2.75) is 0 Å². The van der Waals surface area contributed by atoms with Gasteiger partial charge in [0, 0.05) is 11.1 Å². The molecule has 0 unspecified atom stereocenters. The molecule has 2 N–H and O–H groups in total. The molecule has 7 heteroatoms. The summed E-state index contributed by atoms with van der Waals surface area (Å²) >= 11 is 5.79. The van der Waals surface area contributed by atoms with Crippen LogP contribution in [0.2, 0.25) is 5.02 Å². The summed E-state index contributed by atoms with van der Waals surface area (Å²) < 4.78 is 5.22. The second kappa shape index (κ2) is 6.28. The van der Waals surface area contributed by atoms with Crippen LogP contribution in [-0.2, 0) is 0 Å². The molecule has 22 heavy (non-hydrogen) atoms. The van der Waals surface area contributed by atoms with Crippen LogP contribution in [0.4, 0.5) is 0 Å². The first kappa shape index (κ1) is 14.1. The van der Waals surface area contributed by atoms with Gasteiger partial charge in [0.05, 0.1) is 12.5 Å². The maximum atomic E-state index is 11.9. The lowest BCUT2D eigenvalue weighted by Crippen LogP contribution is -2.17. The minimum atomic E-state index is -0.417. The van der Waals surface area contributed by atoms with Crippen molar-refractivity contribution in [3.05, 3.63) is 65.0 Å². The Morgan fingerprint density at radius 2 is 2.14 bits per heavy atom. The van der Waals surface area contributed by atoms with Crippen molar-refractivity contribution < 1.29 is 9.21 Å². The van der Waals surface area contributed by atoms with Gasteiger partial charge in [0.15, 0.2) is 11.5 Å². The molecule has 0 spiro atoms. The number of benzene rings is 1. The zero-order valence-electron chi connectivity index (χ0n) is 11.3. The molecule has 0 radical (unpaired) electrons. The van der Waals surface area contributed by atoms with E-state index in [1.54, 1.807) is 48.7 Å². The molecule has 0 aliphatic rings. The number of H-pyrrole nitrogens is 1. The monoisotopic (exact) mass is 314 g/mol. The fraction of sp³-hybridized carbons (Fsp3) is 0. The lowest BCUT2D eigenvalue weighted by Gasteiger charge is -1.95. The van der Waals surface area contributed by atoms with Crippen LogP contribution >= 0.6 is 11.6 Å². The minimum absolute atomic E-state index is 0.222.